The fourth-order valence-corrected chi connectivity index (χ4v) is 2.65. The minimum atomic E-state index is 0.441. The summed E-state index contributed by atoms with van der Waals surface area (Å²) in [6.07, 6.45) is 0. The largest absolute Gasteiger partial charge is 0.493 e. The molecule has 0 saturated carbocycles. The standard InChI is InChI=1S/C21H21ClN2O2/c1-25-20-9-5-6-17(14-23-24-19-7-3-2-4-8-19)21(20)26-15-16-10-12-18(22)13-11-16/h2-13,23-24H,14-15H2,1H3. The van der Waals surface area contributed by atoms with Crippen LogP contribution in [0, 0.1) is 0 Å². The number of hydrogen-bond donors (Lipinski definition) is 2. The number of hydrogen-bond acceptors (Lipinski definition) is 4. The Bertz CT molecular complexity index is 823. The molecule has 0 spiro atoms. The van der Waals surface area contributed by atoms with Gasteiger partial charge in [0, 0.05) is 22.8 Å². The fourth-order valence-electron chi connectivity index (χ4n) is 2.52. The van der Waals surface area contributed by atoms with Crippen molar-refractivity contribution in [2.75, 3.05) is 12.5 Å². The predicted octanol–water partition coefficient (Wildman–Crippen LogP) is 5.04. The minimum absolute atomic E-state index is 0.441. The molecule has 3 aromatic rings. The van der Waals surface area contributed by atoms with E-state index in [4.69, 9.17) is 21.1 Å². The van der Waals surface area contributed by atoms with Crippen LogP contribution in [0.5, 0.6) is 11.5 Å². The van der Waals surface area contributed by atoms with Gasteiger partial charge in [-0.2, -0.15) is 0 Å². The molecule has 134 valence electrons. The van der Waals surface area contributed by atoms with E-state index in [-0.39, 0.29) is 0 Å². The summed E-state index contributed by atoms with van der Waals surface area (Å²) in [5.41, 5.74) is 9.43. The van der Waals surface area contributed by atoms with Crippen molar-refractivity contribution in [3.05, 3.63) is 88.9 Å². The van der Waals surface area contributed by atoms with E-state index >= 15 is 0 Å². The van der Waals surface area contributed by atoms with Gasteiger partial charge in [-0.05, 0) is 35.9 Å². The van der Waals surface area contributed by atoms with Crippen molar-refractivity contribution in [3.8, 4) is 11.5 Å². The van der Waals surface area contributed by atoms with Crippen molar-refractivity contribution in [2.24, 2.45) is 0 Å². The summed E-state index contributed by atoms with van der Waals surface area (Å²) in [5.74, 6) is 1.44. The topological polar surface area (TPSA) is 42.5 Å². The fraction of sp³-hybridized carbons (Fsp3) is 0.143. The third-order valence-electron chi connectivity index (χ3n) is 3.86. The molecule has 0 amide bonds. The van der Waals surface area contributed by atoms with Crippen LogP contribution in [0.2, 0.25) is 5.02 Å². The lowest BCUT2D eigenvalue weighted by Gasteiger charge is -2.16. The molecule has 0 fully saturated rings. The Kier molecular flexibility index (Phi) is 6.36. The summed E-state index contributed by atoms with van der Waals surface area (Å²) in [7, 11) is 1.64. The number of methoxy groups -OCH3 is 1. The highest BCUT2D eigenvalue weighted by atomic mass is 35.5. The molecule has 4 nitrogen and oxygen atoms in total. The Balaban J connectivity index is 1.67. The summed E-state index contributed by atoms with van der Waals surface area (Å²) in [6, 6.07) is 23.4. The van der Waals surface area contributed by atoms with Crippen LogP contribution in [0.3, 0.4) is 0 Å². The van der Waals surface area contributed by atoms with Gasteiger partial charge in [-0.3, -0.25) is 0 Å². The maximum absolute atomic E-state index is 6.05. The quantitative estimate of drug-likeness (QED) is 0.546. The molecule has 0 atom stereocenters. The number of halogens is 1. The molecule has 26 heavy (non-hydrogen) atoms. The highest BCUT2D eigenvalue weighted by Gasteiger charge is 2.11. The first kappa shape index (κ1) is 18.1. The van der Waals surface area contributed by atoms with E-state index in [1.54, 1.807) is 7.11 Å². The van der Waals surface area contributed by atoms with Gasteiger partial charge in [-0.1, -0.05) is 54.1 Å². The van der Waals surface area contributed by atoms with Gasteiger partial charge in [0.05, 0.1) is 7.11 Å². The molecule has 0 aliphatic heterocycles. The molecule has 0 aromatic heterocycles. The van der Waals surface area contributed by atoms with Crippen LogP contribution in [0.1, 0.15) is 11.1 Å². The zero-order valence-electron chi connectivity index (χ0n) is 14.5. The summed E-state index contributed by atoms with van der Waals surface area (Å²) in [4.78, 5) is 0. The van der Waals surface area contributed by atoms with E-state index in [2.05, 4.69) is 10.9 Å². The Morgan fingerprint density at radius 2 is 1.65 bits per heavy atom. The monoisotopic (exact) mass is 368 g/mol. The molecule has 0 bridgehead atoms. The number of hydrazine groups is 1. The van der Waals surface area contributed by atoms with E-state index in [9.17, 15) is 0 Å². The highest BCUT2D eigenvalue weighted by Crippen LogP contribution is 2.32. The molecule has 0 heterocycles. The number of anilines is 1. The lowest BCUT2D eigenvalue weighted by Crippen LogP contribution is -2.21. The second-order valence-corrected chi connectivity index (χ2v) is 6.14. The van der Waals surface area contributed by atoms with Crippen LogP contribution in [0.4, 0.5) is 5.69 Å². The van der Waals surface area contributed by atoms with Gasteiger partial charge in [0.15, 0.2) is 11.5 Å². The number of benzene rings is 3. The first-order valence-electron chi connectivity index (χ1n) is 8.33. The molecule has 0 radical (unpaired) electrons. The van der Waals surface area contributed by atoms with Gasteiger partial charge in [0.1, 0.15) is 6.61 Å². The smallest absolute Gasteiger partial charge is 0.166 e. The average Bonchev–Trinajstić information content (AvgIpc) is 2.69. The van der Waals surface area contributed by atoms with Crippen LogP contribution in [-0.2, 0) is 13.2 Å². The van der Waals surface area contributed by atoms with Gasteiger partial charge >= 0.3 is 0 Å². The Labute approximate surface area is 158 Å². The lowest BCUT2D eigenvalue weighted by atomic mass is 10.2. The maximum Gasteiger partial charge on any atom is 0.166 e. The molecule has 2 N–H and O–H groups in total. The predicted molar refractivity (Wildman–Crippen MR) is 106 cm³/mol. The molecule has 0 aliphatic carbocycles. The molecule has 5 heteroatoms. The molecule has 0 saturated heterocycles. The maximum atomic E-state index is 6.05. The van der Waals surface area contributed by atoms with Gasteiger partial charge in [-0.25, -0.2) is 5.43 Å². The first-order chi connectivity index (χ1) is 12.8. The van der Waals surface area contributed by atoms with E-state index < -0.39 is 0 Å². The third-order valence-corrected chi connectivity index (χ3v) is 4.11. The second kappa shape index (κ2) is 9.13. The Morgan fingerprint density at radius 3 is 2.38 bits per heavy atom. The molecular formula is C21H21ClN2O2. The van der Waals surface area contributed by atoms with Gasteiger partial charge < -0.3 is 14.9 Å². The van der Waals surface area contributed by atoms with Crippen LogP contribution < -0.4 is 20.3 Å². The van der Waals surface area contributed by atoms with Crippen molar-refractivity contribution < 1.29 is 9.47 Å². The number of rotatable bonds is 8. The van der Waals surface area contributed by atoms with E-state index in [1.165, 1.54) is 0 Å². The molecular weight excluding hydrogens is 348 g/mol. The zero-order chi connectivity index (χ0) is 18.2. The number of ether oxygens (including phenoxy) is 2. The normalized spacial score (nSPS) is 10.4. The summed E-state index contributed by atoms with van der Waals surface area (Å²) >= 11 is 5.93. The van der Waals surface area contributed by atoms with Gasteiger partial charge in [0.25, 0.3) is 0 Å². The Morgan fingerprint density at radius 1 is 0.885 bits per heavy atom. The summed E-state index contributed by atoms with van der Waals surface area (Å²) in [5, 5.41) is 0.711. The summed E-state index contributed by atoms with van der Waals surface area (Å²) < 4.78 is 11.5. The first-order valence-corrected chi connectivity index (χ1v) is 8.71. The SMILES string of the molecule is COc1cccc(CNNc2ccccc2)c1OCc1ccc(Cl)cc1. The van der Waals surface area contributed by atoms with Crippen molar-refractivity contribution in [3.63, 3.8) is 0 Å². The Hall–Kier alpha value is -2.69. The van der Waals surface area contributed by atoms with Crippen LogP contribution in [-0.4, -0.2) is 7.11 Å². The zero-order valence-corrected chi connectivity index (χ0v) is 15.3. The highest BCUT2D eigenvalue weighted by molar-refractivity contribution is 6.30. The van der Waals surface area contributed by atoms with Gasteiger partial charge in [0.2, 0.25) is 0 Å². The number of nitrogens with one attached hydrogen (secondary N) is 2. The van der Waals surface area contributed by atoms with Crippen molar-refractivity contribution >= 4 is 17.3 Å². The van der Waals surface area contributed by atoms with Crippen LogP contribution >= 0.6 is 11.6 Å². The summed E-state index contributed by atoms with van der Waals surface area (Å²) in [6.45, 7) is 1.03. The molecule has 3 aromatic carbocycles. The van der Waals surface area contributed by atoms with E-state index in [1.807, 2.05) is 72.8 Å². The minimum Gasteiger partial charge on any atom is -0.493 e. The second-order valence-electron chi connectivity index (χ2n) is 5.71. The average molecular weight is 369 g/mol. The van der Waals surface area contributed by atoms with Crippen molar-refractivity contribution in [1.82, 2.24) is 5.43 Å². The molecule has 0 unspecified atom stereocenters. The third kappa shape index (κ3) is 4.91. The van der Waals surface area contributed by atoms with Crippen LogP contribution in [0.25, 0.3) is 0 Å². The number of para-hydroxylation sites is 2. The van der Waals surface area contributed by atoms with E-state index in [0.29, 0.717) is 23.9 Å². The van der Waals surface area contributed by atoms with Crippen molar-refractivity contribution in [1.29, 1.82) is 0 Å². The lowest BCUT2D eigenvalue weighted by molar-refractivity contribution is 0.281. The van der Waals surface area contributed by atoms with Gasteiger partial charge in [-0.15, -0.1) is 0 Å². The molecule has 0 aliphatic rings. The molecule has 3 rings (SSSR count). The van der Waals surface area contributed by atoms with Crippen LogP contribution in [0.15, 0.2) is 72.8 Å². The van der Waals surface area contributed by atoms with Crippen molar-refractivity contribution in [2.45, 2.75) is 13.2 Å². The van der Waals surface area contributed by atoms with E-state index in [0.717, 1.165) is 22.6 Å².